The number of halogens is 1. The smallest absolute Gasteiger partial charge is 0.223 e. The lowest BCUT2D eigenvalue weighted by Crippen LogP contribution is -2.35. The van der Waals surface area contributed by atoms with Crippen molar-refractivity contribution in [3.05, 3.63) is 0 Å². The van der Waals surface area contributed by atoms with Crippen LogP contribution in [0.1, 0.15) is 39.0 Å². The molecule has 0 bridgehead atoms. The second kappa shape index (κ2) is 6.28. The van der Waals surface area contributed by atoms with E-state index < -0.39 is 0 Å². The molecular weight excluding hydrogens is 198 g/mol. The van der Waals surface area contributed by atoms with Crippen molar-refractivity contribution in [1.82, 2.24) is 5.32 Å². The Kier molecular flexibility index (Phi) is 5.31. The Morgan fingerprint density at radius 2 is 2.29 bits per heavy atom. The monoisotopic (exact) mass is 217 g/mol. The van der Waals surface area contributed by atoms with Gasteiger partial charge in [0.2, 0.25) is 5.91 Å². The molecule has 0 aliphatic heterocycles. The summed E-state index contributed by atoms with van der Waals surface area (Å²) in [6.45, 7) is 2.96. The van der Waals surface area contributed by atoms with Crippen molar-refractivity contribution >= 4 is 17.5 Å². The van der Waals surface area contributed by atoms with E-state index in [9.17, 15) is 4.79 Å². The zero-order valence-electron chi connectivity index (χ0n) is 8.89. The number of carbonyl (C=O) groups excluding carboxylic acids is 1. The molecule has 0 spiro atoms. The summed E-state index contributed by atoms with van der Waals surface area (Å²) in [6, 6.07) is 0. The van der Waals surface area contributed by atoms with Gasteiger partial charge in [-0.05, 0) is 31.6 Å². The van der Waals surface area contributed by atoms with Gasteiger partial charge < -0.3 is 5.32 Å². The van der Waals surface area contributed by atoms with Crippen LogP contribution in [-0.4, -0.2) is 18.3 Å². The quantitative estimate of drug-likeness (QED) is 0.538. The van der Waals surface area contributed by atoms with E-state index in [1.54, 1.807) is 0 Å². The molecule has 82 valence electrons. The SMILES string of the molecule is CC(CCl)CCCNC(=O)C1CCC1. The van der Waals surface area contributed by atoms with Crippen LogP contribution in [0.2, 0.25) is 0 Å². The number of rotatable bonds is 6. The molecule has 1 fully saturated rings. The Morgan fingerprint density at radius 1 is 1.57 bits per heavy atom. The van der Waals surface area contributed by atoms with Gasteiger partial charge in [-0.3, -0.25) is 4.79 Å². The minimum Gasteiger partial charge on any atom is -0.356 e. The number of carbonyl (C=O) groups is 1. The Labute approximate surface area is 91.4 Å². The fourth-order valence-electron chi connectivity index (χ4n) is 1.55. The first-order valence-electron chi connectivity index (χ1n) is 5.57. The van der Waals surface area contributed by atoms with Gasteiger partial charge in [-0.25, -0.2) is 0 Å². The predicted octanol–water partition coefficient (Wildman–Crippen LogP) is 2.56. The summed E-state index contributed by atoms with van der Waals surface area (Å²) in [5.41, 5.74) is 0. The number of alkyl halides is 1. The lowest BCUT2D eigenvalue weighted by Gasteiger charge is -2.24. The molecule has 14 heavy (non-hydrogen) atoms. The lowest BCUT2D eigenvalue weighted by atomic mass is 9.85. The molecule has 3 heteroatoms. The van der Waals surface area contributed by atoms with Crippen molar-refractivity contribution in [3.63, 3.8) is 0 Å². The molecule has 0 aromatic carbocycles. The number of hydrogen-bond acceptors (Lipinski definition) is 1. The maximum Gasteiger partial charge on any atom is 0.223 e. The first-order chi connectivity index (χ1) is 6.74. The molecular formula is C11H20ClNO. The van der Waals surface area contributed by atoms with E-state index in [4.69, 9.17) is 11.6 Å². The molecule has 1 amide bonds. The summed E-state index contributed by atoms with van der Waals surface area (Å²) >= 11 is 5.69. The van der Waals surface area contributed by atoms with E-state index in [-0.39, 0.29) is 5.91 Å². The number of nitrogens with one attached hydrogen (secondary N) is 1. The van der Waals surface area contributed by atoms with Gasteiger partial charge in [0.05, 0.1) is 0 Å². The summed E-state index contributed by atoms with van der Waals surface area (Å²) < 4.78 is 0. The van der Waals surface area contributed by atoms with Gasteiger partial charge in [-0.1, -0.05) is 13.3 Å². The van der Waals surface area contributed by atoms with Crippen LogP contribution < -0.4 is 5.32 Å². The van der Waals surface area contributed by atoms with E-state index in [1.165, 1.54) is 6.42 Å². The van der Waals surface area contributed by atoms with Crippen LogP contribution in [0.5, 0.6) is 0 Å². The average molecular weight is 218 g/mol. The second-order valence-corrected chi connectivity index (χ2v) is 4.63. The average Bonchev–Trinajstić information content (AvgIpc) is 2.09. The van der Waals surface area contributed by atoms with Gasteiger partial charge in [0.15, 0.2) is 0 Å². The summed E-state index contributed by atoms with van der Waals surface area (Å²) in [5.74, 6) is 1.86. The van der Waals surface area contributed by atoms with E-state index in [2.05, 4.69) is 12.2 Å². The van der Waals surface area contributed by atoms with Crippen LogP contribution in [0.3, 0.4) is 0 Å². The Bertz CT molecular complexity index is 180. The van der Waals surface area contributed by atoms with Crippen molar-refractivity contribution in [2.24, 2.45) is 11.8 Å². The summed E-state index contributed by atoms with van der Waals surface area (Å²) in [5, 5.41) is 2.98. The van der Waals surface area contributed by atoms with Gasteiger partial charge in [0, 0.05) is 18.3 Å². The van der Waals surface area contributed by atoms with Crippen molar-refractivity contribution in [2.45, 2.75) is 39.0 Å². The van der Waals surface area contributed by atoms with E-state index in [0.717, 1.165) is 38.1 Å². The summed E-state index contributed by atoms with van der Waals surface area (Å²) in [4.78, 5) is 11.4. The predicted molar refractivity (Wildman–Crippen MR) is 59.5 cm³/mol. The highest BCUT2D eigenvalue weighted by Crippen LogP contribution is 2.26. The van der Waals surface area contributed by atoms with Gasteiger partial charge in [0.1, 0.15) is 0 Å². The van der Waals surface area contributed by atoms with Crippen molar-refractivity contribution in [2.75, 3.05) is 12.4 Å². The standard InChI is InChI=1S/C11H20ClNO/c1-9(8-12)4-3-7-13-11(14)10-5-2-6-10/h9-10H,2-8H2,1H3,(H,13,14). The number of amides is 1. The molecule has 0 aromatic heterocycles. The van der Waals surface area contributed by atoms with Crippen LogP contribution in [0.15, 0.2) is 0 Å². The Morgan fingerprint density at radius 3 is 2.79 bits per heavy atom. The fraction of sp³-hybridized carbons (Fsp3) is 0.909. The van der Waals surface area contributed by atoms with Crippen LogP contribution in [-0.2, 0) is 4.79 Å². The maximum absolute atomic E-state index is 11.4. The molecule has 1 unspecified atom stereocenters. The molecule has 0 heterocycles. The zero-order valence-corrected chi connectivity index (χ0v) is 9.65. The van der Waals surface area contributed by atoms with Crippen LogP contribution >= 0.6 is 11.6 Å². The lowest BCUT2D eigenvalue weighted by molar-refractivity contribution is -0.127. The van der Waals surface area contributed by atoms with Gasteiger partial charge in [-0.2, -0.15) is 0 Å². The van der Waals surface area contributed by atoms with Gasteiger partial charge >= 0.3 is 0 Å². The van der Waals surface area contributed by atoms with Crippen molar-refractivity contribution in [3.8, 4) is 0 Å². The van der Waals surface area contributed by atoms with E-state index in [0.29, 0.717) is 11.8 Å². The highest BCUT2D eigenvalue weighted by Gasteiger charge is 2.24. The van der Waals surface area contributed by atoms with Gasteiger partial charge in [-0.15, -0.1) is 11.6 Å². The normalized spacial score (nSPS) is 18.7. The largest absolute Gasteiger partial charge is 0.356 e. The molecule has 1 N–H and O–H groups in total. The maximum atomic E-state index is 11.4. The highest BCUT2D eigenvalue weighted by atomic mass is 35.5. The fourth-order valence-corrected chi connectivity index (χ4v) is 1.71. The first kappa shape index (κ1) is 11.8. The van der Waals surface area contributed by atoms with Crippen molar-refractivity contribution < 1.29 is 4.79 Å². The summed E-state index contributed by atoms with van der Waals surface area (Å²) in [7, 11) is 0. The highest BCUT2D eigenvalue weighted by molar-refractivity contribution is 6.18. The van der Waals surface area contributed by atoms with Crippen LogP contribution in [0.25, 0.3) is 0 Å². The molecule has 2 nitrogen and oxygen atoms in total. The van der Waals surface area contributed by atoms with E-state index >= 15 is 0 Å². The third-order valence-electron chi connectivity index (χ3n) is 2.91. The summed E-state index contributed by atoms with van der Waals surface area (Å²) in [6.07, 6.45) is 5.55. The van der Waals surface area contributed by atoms with Crippen LogP contribution in [0.4, 0.5) is 0 Å². The van der Waals surface area contributed by atoms with Crippen LogP contribution in [0, 0.1) is 11.8 Å². The Hall–Kier alpha value is -0.240. The zero-order chi connectivity index (χ0) is 10.4. The first-order valence-corrected chi connectivity index (χ1v) is 6.11. The number of hydrogen-bond donors (Lipinski definition) is 1. The van der Waals surface area contributed by atoms with Crippen molar-refractivity contribution in [1.29, 1.82) is 0 Å². The minimum absolute atomic E-state index is 0.259. The molecule has 0 radical (unpaired) electrons. The Balaban J connectivity index is 1.95. The second-order valence-electron chi connectivity index (χ2n) is 4.32. The topological polar surface area (TPSA) is 29.1 Å². The molecule has 1 atom stereocenters. The third kappa shape index (κ3) is 3.87. The van der Waals surface area contributed by atoms with E-state index in [1.807, 2.05) is 0 Å². The third-order valence-corrected chi connectivity index (χ3v) is 3.44. The molecule has 0 aromatic rings. The molecule has 1 rings (SSSR count). The molecule has 0 saturated heterocycles. The minimum atomic E-state index is 0.259. The van der Waals surface area contributed by atoms with Gasteiger partial charge in [0.25, 0.3) is 0 Å². The molecule has 1 saturated carbocycles. The molecule has 1 aliphatic carbocycles. The molecule has 1 aliphatic rings.